The average molecular weight is 386 g/mol. The van der Waals surface area contributed by atoms with Crippen LogP contribution in [0.15, 0.2) is 76.7 Å². The molecule has 29 heavy (non-hydrogen) atoms. The van der Waals surface area contributed by atoms with Crippen LogP contribution in [0.25, 0.3) is 16.7 Å². The number of hydrogen-bond acceptors (Lipinski definition) is 5. The molecule has 1 aromatic heterocycles. The molecule has 1 saturated heterocycles. The SMILES string of the molecule is Cc1nc2ccc(C3=CC(=O)N4C=C(N5CCNCC5)C=C/C4=C\C=C3)cc2o1. The highest BCUT2D eigenvalue weighted by atomic mass is 16.3. The van der Waals surface area contributed by atoms with Crippen LogP contribution >= 0.6 is 0 Å². The number of aryl methyl sites for hydroxylation is 1. The molecule has 0 radical (unpaired) electrons. The number of aromatic nitrogens is 1. The van der Waals surface area contributed by atoms with Gasteiger partial charge in [-0.05, 0) is 41.5 Å². The lowest BCUT2D eigenvalue weighted by Gasteiger charge is -2.33. The fourth-order valence-electron chi connectivity index (χ4n) is 3.84. The van der Waals surface area contributed by atoms with E-state index in [1.54, 1.807) is 11.0 Å². The third kappa shape index (κ3) is 3.43. The van der Waals surface area contributed by atoms with Crippen molar-refractivity contribution in [2.75, 3.05) is 26.2 Å². The van der Waals surface area contributed by atoms with Crippen LogP contribution in [0.3, 0.4) is 0 Å². The van der Waals surface area contributed by atoms with E-state index in [1.807, 2.05) is 55.6 Å². The summed E-state index contributed by atoms with van der Waals surface area (Å²) in [6.07, 6.45) is 13.6. The number of fused-ring (bicyclic) bond motifs is 2. The number of oxazole rings is 1. The monoisotopic (exact) mass is 386 g/mol. The number of piperazine rings is 1. The standard InChI is InChI=1S/C23H22N4O2/c1-16-25-21-8-5-18(13-22(21)29-16)17-3-2-4-19-6-7-20(15-27(19)23(28)14-17)26-11-9-24-10-12-26/h2-8,13-15,24H,9-12H2,1H3/b3-2?,17-14?,19-4+. The molecule has 146 valence electrons. The topological polar surface area (TPSA) is 61.6 Å². The summed E-state index contributed by atoms with van der Waals surface area (Å²) in [5.74, 6) is 0.565. The van der Waals surface area contributed by atoms with Crippen molar-refractivity contribution in [1.29, 1.82) is 0 Å². The van der Waals surface area contributed by atoms with E-state index in [0.29, 0.717) is 5.89 Å². The Morgan fingerprint density at radius 2 is 1.93 bits per heavy atom. The minimum Gasteiger partial charge on any atom is -0.441 e. The van der Waals surface area contributed by atoms with E-state index in [2.05, 4.69) is 21.3 Å². The molecule has 4 heterocycles. The van der Waals surface area contributed by atoms with E-state index in [1.165, 1.54) is 0 Å². The molecule has 0 saturated carbocycles. The molecule has 0 bridgehead atoms. The van der Waals surface area contributed by atoms with Crippen LogP contribution in [0, 0.1) is 6.92 Å². The number of benzene rings is 1. The van der Waals surface area contributed by atoms with Crippen molar-refractivity contribution in [1.82, 2.24) is 20.1 Å². The molecule has 2 aromatic rings. The lowest BCUT2D eigenvalue weighted by atomic mass is 10.0. The first-order valence-electron chi connectivity index (χ1n) is 9.84. The molecular formula is C23H22N4O2. The van der Waals surface area contributed by atoms with Crippen molar-refractivity contribution in [2.24, 2.45) is 0 Å². The number of rotatable bonds is 2. The molecule has 0 spiro atoms. The lowest BCUT2D eigenvalue weighted by molar-refractivity contribution is -0.122. The van der Waals surface area contributed by atoms with Gasteiger partial charge in [0.05, 0.1) is 5.70 Å². The van der Waals surface area contributed by atoms with Gasteiger partial charge < -0.3 is 14.6 Å². The molecule has 3 aliphatic rings. The molecule has 1 aromatic carbocycles. The van der Waals surface area contributed by atoms with Gasteiger partial charge in [-0.25, -0.2) is 4.98 Å². The second kappa shape index (κ2) is 7.22. The summed E-state index contributed by atoms with van der Waals surface area (Å²) < 4.78 is 5.65. The Kier molecular flexibility index (Phi) is 4.41. The van der Waals surface area contributed by atoms with Crippen molar-refractivity contribution in [3.63, 3.8) is 0 Å². The number of nitrogens with one attached hydrogen (secondary N) is 1. The van der Waals surface area contributed by atoms with Crippen LogP contribution in [0.1, 0.15) is 11.5 Å². The Labute approximate surface area is 169 Å². The second-order valence-electron chi connectivity index (χ2n) is 7.30. The van der Waals surface area contributed by atoms with Crippen molar-refractivity contribution in [2.45, 2.75) is 6.92 Å². The molecule has 0 aliphatic carbocycles. The van der Waals surface area contributed by atoms with Crippen LogP contribution in [-0.2, 0) is 4.79 Å². The van der Waals surface area contributed by atoms with Gasteiger partial charge in [-0.15, -0.1) is 0 Å². The first kappa shape index (κ1) is 17.7. The Hall–Kier alpha value is -3.38. The van der Waals surface area contributed by atoms with Gasteiger partial charge in [0.2, 0.25) is 0 Å². The summed E-state index contributed by atoms with van der Waals surface area (Å²) in [6.45, 7) is 5.62. The maximum atomic E-state index is 13.1. The van der Waals surface area contributed by atoms with Crippen LogP contribution in [0.5, 0.6) is 0 Å². The van der Waals surface area contributed by atoms with Crippen molar-refractivity contribution >= 4 is 22.6 Å². The van der Waals surface area contributed by atoms with Gasteiger partial charge in [-0.3, -0.25) is 9.69 Å². The minimum absolute atomic E-state index is 0.0681. The fraction of sp³-hybridized carbons (Fsp3) is 0.217. The van der Waals surface area contributed by atoms with Crippen LogP contribution in [0.4, 0.5) is 0 Å². The summed E-state index contributed by atoms with van der Waals surface area (Å²) >= 11 is 0. The van der Waals surface area contributed by atoms with Crippen LogP contribution < -0.4 is 5.32 Å². The Morgan fingerprint density at radius 3 is 2.79 bits per heavy atom. The van der Waals surface area contributed by atoms with E-state index in [0.717, 1.165) is 59.8 Å². The van der Waals surface area contributed by atoms with Crippen LogP contribution in [0.2, 0.25) is 0 Å². The summed E-state index contributed by atoms with van der Waals surface area (Å²) in [6, 6.07) is 5.83. The third-order valence-corrected chi connectivity index (χ3v) is 5.33. The molecule has 1 fully saturated rings. The molecule has 6 nitrogen and oxygen atoms in total. The van der Waals surface area contributed by atoms with Gasteiger partial charge in [0.25, 0.3) is 5.91 Å². The zero-order valence-electron chi connectivity index (χ0n) is 16.3. The average Bonchev–Trinajstić information content (AvgIpc) is 3.11. The number of hydrogen-bond donors (Lipinski definition) is 1. The highest BCUT2D eigenvalue weighted by molar-refractivity contribution is 6.00. The van der Waals surface area contributed by atoms with E-state index in [9.17, 15) is 4.79 Å². The number of nitrogens with zero attached hydrogens (tertiary/aromatic N) is 3. The first-order valence-corrected chi connectivity index (χ1v) is 9.84. The predicted octanol–water partition coefficient (Wildman–Crippen LogP) is 3.12. The molecule has 0 unspecified atom stereocenters. The van der Waals surface area contributed by atoms with Crippen LogP contribution in [-0.4, -0.2) is 46.9 Å². The molecule has 0 atom stereocenters. The molecular weight excluding hydrogens is 364 g/mol. The Balaban J connectivity index is 1.48. The smallest absolute Gasteiger partial charge is 0.255 e. The Morgan fingerprint density at radius 1 is 1.10 bits per heavy atom. The van der Waals surface area contributed by atoms with Crippen molar-refractivity contribution in [3.05, 3.63) is 83.7 Å². The molecule has 6 heteroatoms. The van der Waals surface area contributed by atoms with E-state index in [4.69, 9.17) is 4.42 Å². The van der Waals surface area contributed by atoms with E-state index < -0.39 is 0 Å². The third-order valence-electron chi connectivity index (χ3n) is 5.33. The van der Waals surface area contributed by atoms with Gasteiger partial charge in [-0.1, -0.05) is 18.2 Å². The minimum atomic E-state index is -0.0681. The van der Waals surface area contributed by atoms with E-state index in [-0.39, 0.29) is 5.91 Å². The Bertz CT molecular complexity index is 1130. The van der Waals surface area contributed by atoms with Gasteiger partial charge in [0, 0.05) is 51.1 Å². The largest absolute Gasteiger partial charge is 0.441 e. The fourth-order valence-corrected chi connectivity index (χ4v) is 3.84. The van der Waals surface area contributed by atoms with Crippen molar-refractivity contribution in [3.8, 4) is 0 Å². The summed E-state index contributed by atoms with van der Waals surface area (Å²) in [5, 5.41) is 3.36. The van der Waals surface area contributed by atoms with Gasteiger partial charge in [-0.2, -0.15) is 0 Å². The first-order chi connectivity index (χ1) is 14.2. The molecule has 1 amide bonds. The maximum Gasteiger partial charge on any atom is 0.255 e. The highest BCUT2D eigenvalue weighted by Gasteiger charge is 2.21. The summed E-state index contributed by atoms with van der Waals surface area (Å²) in [5.41, 5.74) is 5.24. The number of amides is 1. The summed E-state index contributed by atoms with van der Waals surface area (Å²) in [7, 11) is 0. The number of carbonyl (C=O) groups is 1. The van der Waals surface area contributed by atoms with E-state index >= 15 is 0 Å². The normalized spacial score (nSPS) is 21.3. The van der Waals surface area contributed by atoms with Gasteiger partial charge >= 0.3 is 0 Å². The predicted molar refractivity (Wildman–Crippen MR) is 112 cm³/mol. The zero-order chi connectivity index (χ0) is 19.8. The quantitative estimate of drug-likeness (QED) is 0.859. The number of allylic oxidation sites excluding steroid dienone is 6. The van der Waals surface area contributed by atoms with Crippen molar-refractivity contribution < 1.29 is 9.21 Å². The highest BCUT2D eigenvalue weighted by Crippen LogP contribution is 2.27. The zero-order valence-corrected chi connectivity index (χ0v) is 16.3. The molecule has 3 aliphatic heterocycles. The van der Waals surface area contributed by atoms with Gasteiger partial charge in [0.1, 0.15) is 5.52 Å². The maximum absolute atomic E-state index is 13.1. The lowest BCUT2D eigenvalue weighted by Crippen LogP contribution is -2.43. The molecule has 5 rings (SSSR count). The molecule has 1 N–H and O–H groups in total. The second-order valence-corrected chi connectivity index (χ2v) is 7.30. The van der Waals surface area contributed by atoms with Gasteiger partial charge in [0.15, 0.2) is 11.5 Å². The summed E-state index contributed by atoms with van der Waals surface area (Å²) in [4.78, 5) is 21.5. The number of carbonyl (C=O) groups excluding carboxylic acids is 1.